The average Bonchev–Trinajstić information content (AvgIpc) is 2.85. The quantitative estimate of drug-likeness (QED) is 0.460. The van der Waals surface area contributed by atoms with Crippen LogP contribution in [-0.2, 0) is 22.4 Å². The van der Waals surface area contributed by atoms with Gasteiger partial charge >= 0.3 is 5.97 Å². The minimum atomic E-state index is -0.337. The first-order valence-corrected chi connectivity index (χ1v) is 8.42. The number of carbonyl (C=O) groups excluding carboxylic acids is 2. The molecule has 0 saturated heterocycles. The zero-order valence-electron chi connectivity index (χ0n) is 12.9. The molecule has 1 aliphatic carbocycles. The van der Waals surface area contributed by atoms with Crippen LogP contribution in [0.3, 0.4) is 0 Å². The maximum absolute atomic E-state index is 12.2. The van der Waals surface area contributed by atoms with E-state index in [-0.39, 0.29) is 18.4 Å². The highest BCUT2D eigenvalue weighted by molar-refractivity contribution is 7.17. The standard InChI is InChI=1S/C16H22N2O3S/c1-3-9-17-10-13(19)18-15-14(16(20)21-4-2)11-7-5-6-8-12(11)22-15/h3,17H,1,4-10H2,2H3,(H,18,19). The molecule has 0 aliphatic heterocycles. The number of anilines is 1. The van der Waals surface area contributed by atoms with Crippen LogP contribution in [0.2, 0.25) is 0 Å². The largest absolute Gasteiger partial charge is 0.462 e. The molecule has 2 rings (SSSR count). The molecule has 0 atom stereocenters. The smallest absolute Gasteiger partial charge is 0.341 e. The van der Waals surface area contributed by atoms with E-state index in [0.29, 0.717) is 23.7 Å². The lowest BCUT2D eigenvalue weighted by Crippen LogP contribution is -2.28. The van der Waals surface area contributed by atoms with E-state index in [4.69, 9.17) is 4.74 Å². The maximum atomic E-state index is 12.2. The fourth-order valence-electron chi connectivity index (χ4n) is 2.53. The van der Waals surface area contributed by atoms with Crippen molar-refractivity contribution in [3.8, 4) is 0 Å². The van der Waals surface area contributed by atoms with Gasteiger partial charge in [0.15, 0.2) is 0 Å². The monoisotopic (exact) mass is 322 g/mol. The van der Waals surface area contributed by atoms with E-state index in [9.17, 15) is 9.59 Å². The van der Waals surface area contributed by atoms with Crippen molar-refractivity contribution in [3.63, 3.8) is 0 Å². The summed E-state index contributed by atoms with van der Waals surface area (Å²) >= 11 is 1.50. The van der Waals surface area contributed by atoms with Gasteiger partial charge in [-0.05, 0) is 38.2 Å². The molecule has 0 radical (unpaired) electrons. The molecule has 1 aromatic rings. The minimum absolute atomic E-state index is 0.161. The molecule has 0 fully saturated rings. The molecule has 1 heterocycles. The third kappa shape index (κ3) is 3.96. The Hall–Kier alpha value is -1.66. The molecule has 0 bridgehead atoms. The summed E-state index contributed by atoms with van der Waals surface area (Å²) in [6.07, 6.45) is 5.75. The summed E-state index contributed by atoms with van der Waals surface area (Å²) in [5.41, 5.74) is 1.61. The Morgan fingerprint density at radius 1 is 1.36 bits per heavy atom. The van der Waals surface area contributed by atoms with Crippen LogP contribution in [0.5, 0.6) is 0 Å². The van der Waals surface area contributed by atoms with Crippen LogP contribution in [0.15, 0.2) is 12.7 Å². The van der Waals surface area contributed by atoms with Crippen molar-refractivity contribution in [2.45, 2.75) is 32.6 Å². The summed E-state index contributed by atoms with van der Waals surface area (Å²) in [6.45, 7) is 6.47. The summed E-state index contributed by atoms with van der Waals surface area (Å²) < 4.78 is 5.16. The highest BCUT2D eigenvalue weighted by Crippen LogP contribution is 2.38. The van der Waals surface area contributed by atoms with E-state index in [1.165, 1.54) is 16.2 Å². The molecule has 120 valence electrons. The molecule has 0 spiro atoms. The number of esters is 1. The lowest BCUT2D eigenvalue weighted by molar-refractivity contribution is -0.115. The topological polar surface area (TPSA) is 67.4 Å². The fourth-order valence-corrected chi connectivity index (χ4v) is 3.83. The number of carbonyl (C=O) groups is 2. The van der Waals surface area contributed by atoms with Crippen LogP contribution in [0, 0.1) is 0 Å². The predicted molar refractivity (Wildman–Crippen MR) is 88.6 cm³/mol. The molecule has 5 nitrogen and oxygen atoms in total. The normalized spacial score (nSPS) is 13.3. The van der Waals surface area contributed by atoms with Crippen molar-refractivity contribution in [3.05, 3.63) is 28.7 Å². The van der Waals surface area contributed by atoms with E-state index in [1.54, 1.807) is 13.0 Å². The zero-order valence-corrected chi connectivity index (χ0v) is 13.7. The van der Waals surface area contributed by atoms with Crippen molar-refractivity contribution in [2.75, 3.05) is 25.0 Å². The van der Waals surface area contributed by atoms with Crippen LogP contribution in [0.25, 0.3) is 0 Å². The molecule has 0 unspecified atom stereocenters. The Balaban J connectivity index is 2.18. The van der Waals surface area contributed by atoms with Crippen LogP contribution in [-0.4, -0.2) is 31.6 Å². The number of fused-ring (bicyclic) bond motifs is 1. The molecule has 1 amide bonds. The molecule has 22 heavy (non-hydrogen) atoms. The maximum Gasteiger partial charge on any atom is 0.341 e. The number of amides is 1. The van der Waals surface area contributed by atoms with Gasteiger partial charge in [-0.1, -0.05) is 6.08 Å². The second-order valence-electron chi connectivity index (χ2n) is 5.10. The summed E-state index contributed by atoms with van der Waals surface area (Å²) in [5, 5.41) is 6.42. The third-order valence-electron chi connectivity index (χ3n) is 3.48. The van der Waals surface area contributed by atoms with Gasteiger partial charge in [0.25, 0.3) is 0 Å². The Kier molecular flexibility index (Phi) is 6.15. The second kappa shape index (κ2) is 8.10. The summed E-state index contributed by atoms with van der Waals surface area (Å²) in [7, 11) is 0. The Morgan fingerprint density at radius 2 is 2.14 bits per heavy atom. The van der Waals surface area contributed by atoms with Crippen LogP contribution in [0.4, 0.5) is 5.00 Å². The van der Waals surface area contributed by atoms with E-state index in [0.717, 1.165) is 31.2 Å². The van der Waals surface area contributed by atoms with Gasteiger partial charge in [0.1, 0.15) is 5.00 Å². The van der Waals surface area contributed by atoms with Gasteiger partial charge in [-0.3, -0.25) is 4.79 Å². The number of aryl methyl sites for hydroxylation is 1. The van der Waals surface area contributed by atoms with E-state index < -0.39 is 0 Å². The van der Waals surface area contributed by atoms with Gasteiger partial charge in [-0.25, -0.2) is 4.79 Å². The van der Waals surface area contributed by atoms with E-state index >= 15 is 0 Å². The van der Waals surface area contributed by atoms with Crippen molar-refractivity contribution in [2.24, 2.45) is 0 Å². The molecule has 6 heteroatoms. The number of thiophene rings is 1. The molecule has 1 aromatic heterocycles. The molecular formula is C16H22N2O3S. The highest BCUT2D eigenvalue weighted by atomic mass is 32.1. The van der Waals surface area contributed by atoms with Gasteiger partial charge in [0.2, 0.25) is 5.91 Å². The minimum Gasteiger partial charge on any atom is -0.462 e. The van der Waals surface area contributed by atoms with Gasteiger partial charge in [-0.2, -0.15) is 0 Å². The summed E-state index contributed by atoms with van der Waals surface area (Å²) in [5.74, 6) is -0.498. The average molecular weight is 322 g/mol. The molecule has 2 N–H and O–H groups in total. The van der Waals surface area contributed by atoms with Crippen molar-refractivity contribution >= 4 is 28.2 Å². The Bertz CT molecular complexity index is 566. The first kappa shape index (κ1) is 16.7. The van der Waals surface area contributed by atoms with Crippen LogP contribution in [0.1, 0.15) is 40.6 Å². The van der Waals surface area contributed by atoms with E-state index in [1.807, 2.05) is 0 Å². The Labute approximate surface area is 134 Å². The Morgan fingerprint density at radius 3 is 2.86 bits per heavy atom. The number of hydrogen-bond acceptors (Lipinski definition) is 5. The van der Waals surface area contributed by atoms with Gasteiger partial charge in [-0.15, -0.1) is 17.9 Å². The lowest BCUT2D eigenvalue weighted by atomic mass is 9.95. The highest BCUT2D eigenvalue weighted by Gasteiger charge is 2.27. The third-order valence-corrected chi connectivity index (χ3v) is 4.69. The van der Waals surface area contributed by atoms with Crippen LogP contribution < -0.4 is 10.6 Å². The van der Waals surface area contributed by atoms with Crippen molar-refractivity contribution in [1.82, 2.24) is 5.32 Å². The molecule has 0 saturated carbocycles. The number of nitrogens with one attached hydrogen (secondary N) is 2. The number of rotatable bonds is 7. The van der Waals surface area contributed by atoms with Crippen molar-refractivity contribution < 1.29 is 14.3 Å². The molecule has 1 aliphatic rings. The van der Waals surface area contributed by atoms with Crippen LogP contribution >= 0.6 is 11.3 Å². The molecule has 0 aromatic carbocycles. The van der Waals surface area contributed by atoms with Gasteiger partial charge in [0.05, 0.1) is 18.7 Å². The van der Waals surface area contributed by atoms with Crippen molar-refractivity contribution in [1.29, 1.82) is 0 Å². The van der Waals surface area contributed by atoms with Gasteiger partial charge < -0.3 is 15.4 Å². The fraction of sp³-hybridized carbons (Fsp3) is 0.500. The van der Waals surface area contributed by atoms with Gasteiger partial charge in [0, 0.05) is 11.4 Å². The first-order valence-electron chi connectivity index (χ1n) is 7.60. The number of ether oxygens (including phenoxy) is 1. The summed E-state index contributed by atoms with van der Waals surface area (Å²) in [6, 6.07) is 0. The first-order chi connectivity index (χ1) is 10.7. The second-order valence-corrected chi connectivity index (χ2v) is 6.21. The summed E-state index contributed by atoms with van der Waals surface area (Å²) in [4.78, 5) is 25.4. The SMILES string of the molecule is C=CCNCC(=O)Nc1sc2c(c1C(=O)OCC)CCCC2. The lowest BCUT2D eigenvalue weighted by Gasteiger charge is -2.12. The predicted octanol–water partition coefficient (Wildman–Crippen LogP) is 2.52. The zero-order chi connectivity index (χ0) is 15.9. The van der Waals surface area contributed by atoms with E-state index in [2.05, 4.69) is 17.2 Å². The molecular weight excluding hydrogens is 300 g/mol. The number of hydrogen-bond donors (Lipinski definition) is 2.